The fourth-order valence-corrected chi connectivity index (χ4v) is 1.07. The topological polar surface area (TPSA) is 49.9 Å². The first-order valence-electron chi connectivity index (χ1n) is 2.18. The van der Waals surface area contributed by atoms with E-state index in [1.807, 2.05) is 11.4 Å². The molecule has 0 radical (unpaired) electrons. The smallest absolute Gasteiger partial charge is 0.0945 e. The highest BCUT2D eigenvalue weighted by Crippen LogP contribution is 2.15. The van der Waals surface area contributed by atoms with Gasteiger partial charge in [0.15, 0.2) is 0 Å². The number of nitrogens with two attached hydrogens (primary N) is 1. The summed E-state index contributed by atoms with van der Waals surface area (Å²) in [6.45, 7) is 0. The average molecular weight is 126 g/mol. The van der Waals surface area contributed by atoms with E-state index in [4.69, 9.17) is 11.1 Å². The van der Waals surface area contributed by atoms with Gasteiger partial charge in [-0.1, -0.05) is 0 Å². The van der Waals surface area contributed by atoms with Crippen LogP contribution in [0.15, 0.2) is 11.4 Å². The summed E-state index contributed by atoms with van der Waals surface area (Å²) in [7, 11) is 0. The second kappa shape index (κ2) is 1.96. The lowest BCUT2D eigenvalue weighted by atomic mass is 10.3. The Morgan fingerprint density at radius 1 is 1.75 bits per heavy atom. The normalized spacial score (nSPS) is 9.00. The number of hydrogen-bond donors (Lipinski definition) is 2. The Balaban J connectivity index is 3.09. The van der Waals surface area contributed by atoms with E-state index < -0.39 is 0 Å². The lowest BCUT2D eigenvalue weighted by Gasteiger charge is -1.82. The molecule has 3 N–H and O–H groups in total. The summed E-state index contributed by atoms with van der Waals surface area (Å²) in [5.74, 6) is 0. The summed E-state index contributed by atoms with van der Waals surface area (Å²) < 4.78 is 0. The third-order valence-corrected chi connectivity index (χ3v) is 1.64. The molecule has 8 heavy (non-hydrogen) atoms. The number of rotatable bonds is 1. The highest BCUT2D eigenvalue weighted by atomic mass is 32.1. The van der Waals surface area contributed by atoms with E-state index in [1.54, 1.807) is 0 Å². The van der Waals surface area contributed by atoms with E-state index in [-0.39, 0.29) is 0 Å². The quantitative estimate of drug-likeness (QED) is 0.548. The molecule has 1 rings (SSSR count). The minimum atomic E-state index is 0.722. The Hall–Kier alpha value is -0.830. The molecular weight excluding hydrogens is 120 g/mol. The molecule has 0 aliphatic carbocycles. The number of hydrogen-bond acceptors (Lipinski definition) is 3. The molecule has 0 bridgehead atoms. The average Bonchev–Trinajstić information content (AvgIpc) is 2.14. The molecule has 1 heterocycles. The number of nitrogen functional groups attached to an aromatic ring is 1. The predicted molar refractivity (Wildman–Crippen MR) is 36.6 cm³/mol. The minimum absolute atomic E-state index is 0.722. The van der Waals surface area contributed by atoms with Crippen molar-refractivity contribution in [1.29, 1.82) is 5.41 Å². The molecule has 0 saturated heterocycles. The van der Waals surface area contributed by atoms with E-state index >= 15 is 0 Å². The lowest BCUT2D eigenvalue weighted by Crippen LogP contribution is -1.83. The summed E-state index contributed by atoms with van der Waals surface area (Å²) in [6, 6.07) is 1.83. The van der Waals surface area contributed by atoms with Gasteiger partial charge in [-0.05, 0) is 11.4 Å². The molecule has 42 valence electrons. The third kappa shape index (κ3) is 0.721. The van der Waals surface area contributed by atoms with Crippen molar-refractivity contribution >= 4 is 22.6 Å². The van der Waals surface area contributed by atoms with Crippen LogP contribution in [0.5, 0.6) is 0 Å². The Morgan fingerprint density at radius 3 is 2.75 bits per heavy atom. The van der Waals surface area contributed by atoms with Gasteiger partial charge in [-0.25, -0.2) is 0 Å². The zero-order chi connectivity index (χ0) is 5.98. The van der Waals surface area contributed by atoms with Gasteiger partial charge in [0.2, 0.25) is 0 Å². The summed E-state index contributed by atoms with van der Waals surface area (Å²) in [5.41, 5.74) is 6.23. The maximum Gasteiger partial charge on any atom is 0.0945 e. The summed E-state index contributed by atoms with van der Waals surface area (Å²) in [6.07, 6.45) is 1.26. The lowest BCUT2D eigenvalue weighted by molar-refractivity contribution is 1.56. The molecule has 1 aromatic rings. The molecular formula is C5H6N2S. The molecule has 0 aromatic carbocycles. The fourth-order valence-electron chi connectivity index (χ4n) is 0.450. The number of nitrogens with one attached hydrogen (secondary N) is 1. The van der Waals surface area contributed by atoms with Crippen molar-refractivity contribution in [2.75, 3.05) is 5.73 Å². The largest absolute Gasteiger partial charge is 0.390 e. The SMILES string of the molecule is N=Cc1ccsc1N. The van der Waals surface area contributed by atoms with Gasteiger partial charge in [0, 0.05) is 11.8 Å². The molecule has 2 nitrogen and oxygen atoms in total. The summed E-state index contributed by atoms with van der Waals surface area (Å²) in [4.78, 5) is 0. The van der Waals surface area contributed by atoms with Gasteiger partial charge in [-0.3, -0.25) is 0 Å². The summed E-state index contributed by atoms with van der Waals surface area (Å²) in [5, 5.41) is 9.40. The van der Waals surface area contributed by atoms with Gasteiger partial charge >= 0.3 is 0 Å². The zero-order valence-electron chi connectivity index (χ0n) is 4.22. The zero-order valence-corrected chi connectivity index (χ0v) is 5.03. The molecule has 1 aromatic heterocycles. The Labute approximate surface area is 51.5 Å². The van der Waals surface area contributed by atoms with Crippen molar-refractivity contribution in [3.63, 3.8) is 0 Å². The fraction of sp³-hybridized carbons (Fsp3) is 0. The molecule has 0 atom stereocenters. The van der Waals surface area contributed by atoms with E-state index in [1.165, 1.54) is 17.6 Å². The van der Waals surface area contributed by atoms with Gasteiger partial charge in [-0.15, -0.1) is 11.3 Å². The van der Waals surface area contributed by atoms with Gasteiger partial charge in [0.25, 0.3) is 0 Å². The maximum atomic E-state index is 6.80. The van der Waals surface area contributed by atoms with Crippen LogP contribution in [0, 0.1) is 5.41 Å². The molecule has 0 aliphatic rings. The summed E-state index contributed by atoms with van der Waals surface area (Å²) >= 11 is 1.46. The van der Waals surface area contributed by atoms with Crippen molar-refractivity contribution in [1.82, 2.24) is 0 Å². The van der Waals surface area contributed by atoms with Crippen LogP contribution in [-0.2, 0) is 0 Å². The molecule has 0 unspecified atom stereocenters. The van der Waals surface area contributed by atoms with Crippen LogP contribution in [0.2, 0.25) is 0 Å². The third-order valence-electron chi connectivity index (χ3n) is 0.883. The molecule has 0 spiro atoms. The Morgan fingerprint density at radius 2 is 2.50 bits per heavy atom. The van der Waals surface area contributed by atoms with E-state index in [2.05, 4.69) is 0 Å². The first-order valence-corrected chi connectivity index (χ1v) is 3.06. The first-order chi connectivity index (χ1) is 3.84. The van der Waals surface area contributed by atoms with Gasteiger partial charge < -0.3 is 11.1 Å². The Bertz CT molecular complexity index is 192. The van der Waals surface area contributed by atoms with Crippen LogP contribution in [0.4, 0.5) is 5.00 Å². The highest BCUT2D eigenvalue weighted by Gasteiger charge is 1.91. The maximum absolute atomic E-state index is 6.80. The van der Waals surface area contributed by atoms with E-state index in [0.29, 0.717) is 0 Å². The number of thiophene rings is 1. The molecule has 0 fully saturated rings. The van der Waals surface area contributed by atoms with Crippen molar-refractivity contribution in [2.24, 2.45) is 0 Å². The monoisotopic (exact) mass is 126 g/mol. The highest BCUT2D eigenvalue weighted by molar-refractivity contribution is 7.14. The molecule has 3 heteroatoms. The van der Waals surface area contributed by atoms with Gasteiger partial charge in [0.05, 0.1) is 5.00 Å². The van der Waals surface area contributed by atoms with Crippen molar-refractivity contribution < 1.29 is 0 Å². The van der Waals surface area contributed by atoms with Gasteiger partial charge in [0.1, 0.15) is 0 Å². The number of anilines is 1. The van der Waals surface area contributed by atoms with Crippen molar-refractivity contribution in [3.8, 4) is 0 Å². The van der Waals surface area contributed by atoms with Crippen LogP contribution in [0.3, 0.4) is 0 Å². The van der Waals surface area contributed by atoms with E-state index in [0.717, 1.165) is 10.6 Å². The van der Waals surface area contributed by atoms with Crippen LogP contribution in [-0.4, -0.2) is 6.21 Å². The van der Waals surface area contributed by atoms with Crippen molar-refractivity contribution in [3.05, 3.63) is 17.0 Å². The molecule has 0 aliphatic heterocycles. The van der Waals surface area contributed by atoms with Crippen LogP contribution >= 0.6 is 11.3 Å². The van der Waals surface area contributed by atoms with Crippen LogP contribution < -0.4 is 5.73 Å². The van der Waals surface area contributed by atoms with Crippen LogP contribution in [0.25, 0.3) is 0 Å². The van der Waals surface area contributed by atoms with E-state index in [9.17, 15) is 0 Å². The van der Waals surface area contributed by atoms with Crippen LogP contribution in [0.1, 0.15) is 5.56 Å². The minimum Gasteiger partial charge on any atom is -0.390 e. The second-order valence-corrected chi connectivity index (χ2v) is 2.33. The Kier molecular flexibility index (Phi) is 1.30. The second-order valence-electron chi connectivity index (χ2n) is 1.38. The predicted octanol–water partition coefficient (Wildman–Crippen LogP) is 1.33. The standard InChI is InChI=1S/C5H6N2S/c6-3-4-1-2-8-5(4)7/h1-3,6H,7H2. The first kappa shape index (κ1) is 5.31. The van der Waals surface area contributed by atoms with Gasteiger partial charge in [-0.2, -0.15) is 0 Å². The van der Waals surface area contributed by atoms with Crippen molar-refractivity contribution in [2.45, 2.75) is 0 Å². The molecule has 0 amide bonds. The molecule has 0 saturated carbocycles.